The maximum atomic E-state index is 14.0. The van der Waals surface area contributed by atoms with Gasteiger partial charge in [0.15, 0.2) is 0 Å². The first kappa shape index (κ1) is 23.7. The van der Waals surface area contributed by atoms with Crippen LogP contribution in [0, 0.1) is 5.82 Å². The summed E-state index contributed by atoms with van der Waals surface area (Å²) in [5.74, 6) is -0.872. The van der Waals surface area contributed by atoms with E-state index < -0.39 is 51.3 Å². The van der Waals surface area contributed by atoms with Gasteiger partial charge in [-0.2, -0.15) is 17.5 Å². The van der Waals surface area contributed by atoms with Gasteiger partial charge in [-0.25, -0.2) is 17.6 Å². The highest BCUT2D eigenvalue weighted by atomic mass is 32.2. The predicted molar refractivity (Wildman–Crippen MR) is 98.1 cm³/mol. The second-order valence-corrected chi connectivity index (χ2v) is 9.29. The number of rotatable bonds is 4. The first-order valence-electron chi connectivity index (χ1n) is 9.50. The molecule has 2 fully saturated rings. The molecule has 2 aliphatic rings. The van der Waals surface area contributed by atoms with E-state index in [1.54, 1.807) is 0 Å². The zero-order valence-corrected chi connectivity index (χ0v) is 17.2. The molecule has 1 spiro atoms. The van der Waals surface area contributed by atoms with Crippen LogP contribution in [0.4, 0.5) is 22.4 Å². The number of hydrogen-bond donors (Lipinski definition) is 1. The van der Waals surface area contributed by atoms with Gasteiger partial charge in [0.25, 0.3) is 0 Å². The van der Waals surface area contributed by atoms with E-state index in [1.165, 1.54) is 18.2 Å². The minimum atomic E-state index is -4.89. The maximum Gasteiger partial charge on any atom is 0.427 e. The summed E-state index contributed by atoms with van der Waals surface area (Å²) in [4.78, 5) is 12.6. The molecule has 8 nitrogen and oxygen atoms in total. The average Bonchev–Trinajstić information content (AvgIpc) is 2.71. The van der Waals surface area contributed by atoms with E-state index in [4.69, 9.17) is 9.84 Å². The maximum absolute atomic E-state index is 14.0. The number of carbonyl (C=O) groups excluding carboxylic acids is 1. The number of ether oxygens (including phenoxy) is 2. The first-order valence-corrected chi connectivity index (χ1v) is 10.9. The second-order valence-electron chi connectivity index (χ2n) is 7.38. The van der Waals surface area contributed by atoms with Crippen LogP contribution in [0.3, 0.4) is 0 Å². The van der Waals surface area contributed by atoms with Crippen molar-refractivity contribution in [3.05, 3.63) is 30.1 Å². The SMILES string of the molecule is O=C(O[C@H](CO)C(F)(F)F)N1CCC2(CC1)CN(S(=O)(=O)c1ccccc1F)CCO2. The number of nitrogens with zero attached hydrogens (tertiary/aromatic N) is 2. The van der Waals surface area contributed by atoms with Gasteiger partial charge in [-0.3, -0.25) is 0 Å². The van der Waals surface area contributed by atoms with Gasteiger partial charge in [-0.05, 0) is 25.0 Å². The zero-order valence-electron chi connectivity index (χ0n) is 16.3. The van der Waals surface area contributed by atoms with Crippen LogP contribution < -0.4 is 0 Å². The largest absolute Gasteiger partial charge is 0.434 e. The van der Waals surface area contributed by atoms with E-state index in [0.29, 0.717) is 0 Å². The van der Waals surface area contributed by atoms with Gasteiger partial charge >= 0.3 is 12.3 Å². The smallest absolute Gasteiger partial charge is 0.427 e. The highest BCUT2D eigenvalue weighted by Crippen LogP contribution is 2.33. The van der Waals surface area contributed by atoms with E-state index in [-0.39, 0.29) is 45.6 Å². The molecule has 31 heavy (non-hydrogen) atoms. The molecule has 1 aromatic carbocycles. The number of aliphatic hydroxyl groups excluding tert-OH is 1. The van der Waals surface area contributed by atoms with Crippen molar-refractivity contribution in [2.75, 3.05) is 39.4 Å². The Morgan fingerprint density at radius 3 is 2.45 bits per heavy atom. The van der Waals surface area contributed by atoms with Crippen molar-refractivity contribution >= 4 is 16.1 Å². The number of piperidine rings is 1. The Bertz CT molecular complexity index is 903. The van der Waals surface area contributed by atoms with Crippen LogP contribution in [-0.2, 0) is 19.5 Å². The molecule has 13 heteroatoms. The number of morpholine rings is 1. The quantitative estimate of drug-likeness (QED) is 0.674. The normalized spacial score (nSPS) is 21.1. The van der Waals surface area contributed by atoms with Gasteiger partial charge in [0.2, 0.25) is 16.1 Å². The van der Waals surface area contributed by atoms with Crippen molar-refractivity contribution in [1.82, 2.24) is 9.21 Å². The molecule has 0 aliphatic carbocycles. The van der Waals surface area contributed by atoms with Crippen LogP contribution in [0.2, 0.25) is 0 Å². The topological polar surface area (TPSA) is 96.4 Å². The van der Waals surface area contributed by atoms with Crippen LogP contribution in [0.1, 0.15) is 12.8 Å². The number of likely N-dealkylation sites (tertiary alicyclic amines) is 1. The van der Waals surface area contributed by atoms with Crippen molar-refractivity contribution < 1.29 is 45.4 Å². The molecule has 0 bridgehead atoms. The molecule has 0 saturated carbocycles. The van der Waals surface area contributed by atoms with Crippen LogP contribution in [-0.4, -0.2) is 86.1 Å². The molecule has 0 aromatic heterocycles. The Hall–Kier alpha value is -1.96. The molecule has 2 saturated heterocycles. The van der Waals surface area contributed by atoms with Gasteiger partial charge < -0.3 is 19.5 Å². The Balaban J connectivity index is 1.65. The van der Waals surface area contributed by atoms with Crippen LogP contribution in [0.15, 0.2) is 29.2 Å². The molecule has 1 amide bonds. The number of hydrogen-bond acceptors (Lipinski definition) is 6. The Labute approximate surface area is 176 Å². The summed E-state index contributed by atoms with van der Waals surface area (Å²) < 4.78 is 89.1. The van der Waals surface area contributed by atoms with Crippen molar-refractivity contribution in [3.8, 4) is 0 Å². The first-order chi connectivity index (χ1) is 14.5. The number of carbonyl (C=O) groups is 1. The molecule has 1 N–H and O–H groups in total. The van der Waals surface area contributed by atoms with Crippen molar-refractivity contribution in [3.63, 3.8) is 0 Å². The number of aliphatic hydroxyl groups is 1. The number of halogens is 4. The molecule has 1 atom stereocenters. The lowest BCUT2D eigenvalue weighted by molar-refractivity contribution is -0.215. The minimum Gasteiger partial charge on any atom is -0.434 e. The van der Waals surface area contributed by atoms with Gasteiger partial charge in [-0.1, -0.05) is 12.1 Å². The summed E-state index contributed by atoms with van der Waals surface area (Å²) in [7, 11) is -4.11. The lowest BCUT2D eigenvalue weighted by Gasteiger charge is -2.46. The Kier molecular flexibility index (Phi) is 6.79. The third-order valence-electron chi connectivity index (χ3n) is 5.37. The summed E-state index contributed by atoms with van der Waals surface area (Å²) in [6.07, 6.45) is -8.43. The summed E-state index contributed by atoms with van der Waals surface area (Å²) in [6, 6.07) is 5.01. The summed E-state index contributed by atoms with van der Waals surface area (Å²) in [5.41, 5.74) is -0.951. The van der Waals surface area contributed by atoms with Crippen molar-refractivity contribution in [1.29, 1.82) is 0 Å². The lowest BCUT2D eigenvalue weighted by atomic mass is 9.90. The average molecular weight is 470 g/mol. The molecule has 2 aliphatic heterocycles. The highest BCUT2D eigenvalue weighted by Gasteiger charge is 2.46. The van der Waals surface area contributed by atoms with E-state index in [2.05, 4.69) is 4.74 Å². The van der Waals surface area contributed by atoms with Gasteiger partial charge in [0.1, 0.15) is 10.7 Å². The Morgan fingerprint density at radius 2 is 1.87 bits per heavy atom. The van der Waals surface area contributed by atoms with Crippen LogP contribution in [0.5, 0.6) is 0 Å². The number of sulfonamides is 1. The summed E-state index contributed by atoms with van der Waals surface area (Å²) in [6.45, 7) is -1.44. The number of benzene rings is 1. The molecule has 1 aromatic rings. The number of alkyl halides is 3. The Morgan fingerprint density at radius 1 is 1.23 bits per heavy atom. The fourth-order valence-electron chi connectivity index (χ4n) is 3.61. The third-order valence-corrected chi connectivity index (χ3v) is 7.25. The minimum absolute atomic E-state index is 0.0218. The van der Waals surface area contributed by atoms with E-state index >= 15 is 0 Å². The van der Waals surface area contributed by atoms with Gasteiger partial charge in [0.05, 0.1) is 18.8 Å². The summed E-state index contributed by atoms with van der Waals surface area (Å²) >= 11 is 0. The highest BCUT2D eigenvalue weighted by molar-refractivity contribution is 7.89. The van der Waals surface area contributed by atoms with Crippen molar-refractivity contribution in [2.45, 2.75) is 35.6 Å². The molecule has 3 rings (SSSR count). The molecular weight excluding hydrogens is 448 g/mol. The molecule has 174 valence electrons. The van der Waals surface area contributed by atoms with Crippen molar-refractivity contribution in [2.24, 2.45) is 0 Å². The van der Waals surface area contributed by atoms with E-state index in [1.807, 2.05) is 0 Å². The van der Waals surface area contributed by atoms with Gasteiger partial charge in [0, 0.05) is 26.2 Å². The van der Waals surface area contributed by atoms with E-state index in [9.17, 15) is 30.8 Å². The predicted octanol–water partition coefficient (Wildman–Crippen LogP) is 1.74. The molecular formula is C18H22F4N2O6S. The van der Waals surface area contributed by atoms with E-state index in [0.717, 1.165) is 15.3 Å². The lowest BCUT2D eigenvalue weighted by Crippen LogP contribution is -2.58. The third kappa shape index (κ3) is 5.10. The monoisotopic (exact) mass is 470 g/mol. The molecule has 0 unspecified atom stereocenters. The standard InChI is InChI=1S/C18H22F4N2O6S/c19-13-3-1-2-4-14(13)31(27,28)24-9-10-29-17(12-24)5-7-23(8-6-17)16(26)30-15(11-25)18(20,21)22/h1-4,15,25H,5-12H2/t15-/m1/s1. The zero-order chi connectivity index (χ0) is 22.9. The van der Waals surface area contributed by atoms with Gasteiger partial charge in [-0.15, -0.1) is 0 Å². The fraction of sp³-hybridized carbons (Fsp3) is 0.611. The molecule has 2 heterocycles. The second kappa shape index (κ2) is 8.88. The summed E-state index contributed by atoms with van der Waals surface area (Å²) in [5, 5.41) is 8.80. The van der Waals surface area contributed by atoms with Crippen LogP contribution in [0.25, 0.3) is 0 Å². The molecule has 0 radical (unpaired) electrons. The number of amides is 1. The van der Waals surface area contributed by atoms with Crippen LogP contribution >= 0.6 is 0 Å². The fourth-order valence-corrected chi connectivity index (χ4v) is 5.17.